The minimum absolute atomic E-state index is 0.779. The van der Waals surface area contributed by atoms with Crippen LogP contribution in [0.15, 0.2) is 21.4 Å². The van der Waals surface area contributed by atoms with Crippen molar-refractivity contribution in [1.29, 1.82) is 0 Å². The van der Waals surface area contributed by atoms with Gasteiger partial charge in [0, 0.05) is 12.3 Å². The highest BCUT2D eigenvalue weighted by molar-refractivity contribution is 5.91. The molecule has 4 nitrogen and oxygen atoms in total. The van der Waals surface area contributed by atoms with Crippen molar-refractivity contribution in [3.8, 4) is 12.1 Å². The molecule has 0 aliphatic carbocycles. The summed E-state index contributed by atoms with van der Waals surface area (Å²) < 4.78 is 0. The lowest BCUT2D eigenvalue weighted by molar-refractivity contribution is 1.16. The van der Waals surface area contributed by atoms with Crippen molar-refractivity contribution in [3.63, 3.8) is 0 Å². The van der Waals surface area contributed by atoms with Crippen molar-refractivity contribution in [2.24, 2.45) is 15.9 Å². The summed E-state index contributed by atoms with van der Waals surface area (Å²) in [5.74, 6) is 4.98. The van der Waals surface area contributed by atoms with Gasteiger partial charge in [0.15, 0.2) is 0 Å². The topological polar surface area (TPSA) is 62.8 Å². The van der Waals surface area contributed by atoms with Gasteiger partial charge in [-0.25, -0.2) is 4.99 Å². The molecule has 1 aliphatic heterocycles. The number of aliphatic imine (C=N–C) groups is 1. The fourth-order valence-corrected chi connectivity index (χ4v) is 0.633. The maximum Gasteiger partial charge on any atom is 0.0710 e. The summed E-state index contributed by atoms with van der Waals surface area (Å²) in [5, 5.41) is 6.17. The minimum Gasteiger partial charge on any atom is -0.323 e. The van der Waals surface area contributed by atoms with E-state index < -0.39 is 0 Å². The molecule has 4 heteroatoms. The maximum absolute atomic E-state index is 4.98. The van der Waals surface area contributed by atoms with Crippen LogP contribution < -0.4 is 11.2 Å². The number of hydrogen-bond donors (Lipinski definition) is 2. The van der Waals surface area contributed by atoms with E-state index in [1.807, 2.05) is 6.92 Å². The third-order valence-electron chi connectivity index (χ3n) is 1.20. The first-order valence-electron chi connectivity index (χ1n) is 3.08. The first kappa shape index (κ1) is 7.35. The predicted octanol–water partition coefficient (Wildman–Crippen LogP) is -0.203. The van der Waals surface area contributed by atoms with Gasteiger partial charge in [0.05, 0.1) is 18.0 Å². The van der Waals surface area contributed by atoms with E-state index in [0.717, 1.165) is 11.3 Å². The predicted molar refractivity (Wildman–Crippen MR) is 44.8 cm³/mol. The second-order valence-corrected chi connectivity index (χ2v) is 1.99. The number of nitrogens with one attached hydrogen (secondary N) is 1. The van der Waals surface area contributed by atoms with E-state index in [4.69, 9.17) is 5.84 Å². The summed E-state index contributed by atoms with van der Waals surface area (Å²) in [5.41, 5.74) is 1.72. The Kier molecular flexibility index (Phi) is 2.28. The van der Waals surface area contributed by atoms with E-state index in [9.17, 15) is 0 Å². The molecule has 1 rings (SSSR count). The highest BCUT2D eigenvalue weighted by atomic mass is 15.1. The quantitative estimate of drug-likeness (QED) is 0.234. The van der Waals surface area contributed by atoms with Gasteiger partial charge in [0.25, 0.3) is 0 Å². The van der Waals surface area contributed by atoms with Crippen molar-refractivity contribution in [2.75, 3.05) is 0 Å². The van der Waals surface area contributed by atoms with Crippen LogP contribution in [0, 0.1) is 12.1 Å². The van der Waals surface area contributed by atoms with Crippen LogP contribution >= 0.6 is 0 Å². The smallest absolute Gasteiger partial charge is 0.0710 e. The lowest BCUT2D eigenvalue weighted by atomic mass is 10.2. The van der Waals surface area contributed by atoms with Gasteiger partial charge in [-0.15, -0.1) is 0 Å². The fraction of sp³-hybridized carbons (Fsp3) is 0.143. The number of hydrogen-bond acceptors (Lipinski definition) is 4. The van der Waals surface area contributed by atoms with Gasteiger partial charge in [-0.05, 0) is 12.5 Å². The van der Waals surface area contributed by atoms with E-state index in [-0.39, 0.29) is 0 Å². The molecule has 0 aromatic carbocycles. The molecule has 3 N–H and O–H groups in total. The first-order chi connectivity index (χ1) is 5.34. The van der Waals surface area contributed by atoms with Crippen molar-refractivity contribution in [3.05, 3.63) is 11.3 Å². The molecule has 0 atom stereocenters. The Bertz CT molecular complexity index is 287. The summed E-state index contributed by atoms with van der Waals surface area (Å²) in [4.78, 5) is 3.78. The normalized spacial score (nSPS) is 15.7. The van der Waals surface area contributed by atoms with E-state index in [1.165, 1.54) is 6.21 Å². The summed E-state index contributed by atoms with van der Waals surface area (Å²) in [6, 6.07) is 5.14. The van der Waals surface area contributed by atoms with E-state index in [0.29, 0.717) is 0 Å². The van der Waals surface area contributed by atoms with Gasteiger partial charge in [-0.3, -0.25) is 0 Å². The standard InChI is InChI=1S/C7H8N4/c1-6-4-9-2-3-10-7(6)5-11-8/h4-5,10H,8H2,1H3/b11-5-. The average molecular weight is 148 g/mol. The molecule has 0 bridgehead atoms. The maximum atomic E-state index is 4.98. The minimum atomic E-state index is 0.779. The number of allylic oxidation sites excluding steroid dienone is 2. The van der Waals surface area contributed by atoms with E-state index in [1.54, 1.807) is 6.21 Å². The van der Waals surface area contributed by atoms with Crippen LogP contribution in [0.5, 0.6) is 0 Å². The number of hydrazone groups is 1. The van der Waals surface area contributed by atoms with Crippen LogP contribution in [0.25, 0.3) is 0 Å². The zero-order valence-corrected chi connectivity index (χ0v) is 6.13. The second kappa shape index (κ2) is 3.42. The third-order valence-corrected chi connectivity index (χ3v) is 1.20. The molecular weight excluding hydrogens is 140 g/mol. The largest absolute Gasteiger partial charge is 0.323 e. The molecule has 0 fully saturated rings. The summed E-state index contributed by atoms with van der Waals surface area (Å²) in [7, 11) is 0. The lowest BCUT2D eigenvalue weighted by Crippen LogP contribution is -2.09. The Hall–Kier alpha value is -1.76. The summed E-state index contributed by atoms with van der Waals surface area (Å²) in [6.07, 6.45) is 3.16. The Labute approximate surface area is 64.9 Å². The monoisotopic (exact) mass is 148 g/mol. The molecule has 1 heterocycles. The molecule has 0 unspecified atom stereocenters. The Balaban J connectivity index is 2.92. The summed E-state index contributed by atoms with van der Waals surface area (Å²) >= 11 is 0. The molecule has 56 valence electrons. The molecule has 0 saturated heterocycles. The highest BCUT2D eigenvalue weighted by Crippen LogP contribution is 1.96. The first-order valence-corrected chi connectivity index (χ1v) is 3.08. The van der Waals surface area contributed by atoms with Gasteiger partial charge in [0.1, 0.15) is 0 Å². The molecule has 0 radical (unpaired) electrons. The molecule has 0 saturated carbocycles. The van der Waals surface area contributed by atoms with Crippen molar-refractivity contribution < 1.29 is 0 Å². The Morgan fingerprint density at radius 3 is 3.36 bits per heavy atom. The SMILES string of the molecule is CC1=C(/C=N\N)NC#CN=C1. The average Bonchev–Trinajstić information content (AvgIpc) is 2.18. The fourth-order valence-electron chi connectivity index (χ4n) is 0.633. The molecule has 0 amide bonds. The third kappa shape index (κ3) is 1.83. The zero-order valence-electron chi connectivity index (χ0n) is 6.13. The lowest BCUT2D eigenvalue weighted by Gasteiger charge is -1.97. The van der Waals surface area contributed by atoms with Crippen molar-refractivity contribution in [1.82, 2.24) is 5.32 Å². The van der Waals surface area contributed by atoms with Crippen LogP contribution in [0.3, 0.4) is 0 Å². The van der Waals surface area contributed by atoms with Gasteiger partial charge in [0.2, 0.25) is 0 Å². The number of nitrogens with zero attached hydrogens (tertiary/aromatic N) is 2. The zero-order chi connectivity index (χ0) is 8.10. The number of nitrogens with two attached hydrogens (primary N) is 1. The molecular formula is C7H8N4. The molecule has 0 aromatic heterocycles. The Morgan fingerprint density at radius 2 is 2.64 bits per heavy atom. The van der Waals surface area contributed by atoms with Crippen LogP contribution in [-0.4, -0.2) is 12.4 Å². The van der Waals surface area contributed by atoms with E-state index in [2.05, 4.69) is 27.5 Å². The van der Waals surface area contributed by atoms with Crippen LogP contribution in [0.2, 0.25) is 0 Å². The highest BCUT2D eigenvalue weighted by Gasteiger charge is 1.96. The van der Waals surface area contributed by atoms with Gasteiger partial charge in [-0.1, -0.05) is 0 Å². The summed E-state index contributed by atoms with van der Waals surface area (Å²) in [6.45, 7) is 1.89. The Morgan fingerprint density at radius 1 is 1.82 bits per heavy atom. The van der Waals surface area contributed by atoms with Gasteiger partial charge in [-0.2, -0.15) is 5.10 Å². The molecule has 11 heavy (non-hydrogen) atoms. The van der Waals surface area contributed by atoms with Gasteiger partial charge < -0.3 is 11.2 Å². The van der Waals surface area contributed by atoms with Crippen LogP contribution in [0.1, 0.15) is 6.92 Å². The van der Waals surface area contributed by atoms with Crippen molar-refractivity contribution in [2.45, 2.75) is 6.92 Å². The molecule has 0 spiro atoms. The number of rotatable bonds is 1. The van der Waals surface area contributed by atoms with Gasteiger partial charge >= 0.3 is 0 Å². The second-order valence-electron chi connectivity index (χ2n) is 1.99. The van der Waals surface area contributed by atoms with E-state index >= 15 is 0 Å². The van der Waals surface area contributed by atoms with Crippen LogP contribution in [0.4, 0.5) is 0 Å². The van der Waals surface area contributed by atoms with Crippen molar-refractivity contribution >= 4 is 12.4 Å². The molecule has 0 aromatic rings. The van der Waals surface area contributed by atoms with Crippen LogP contribution in [-0.2, 0) is 0 Å². The molecule has 1 aliphatic rings.